The third-order valence-electron chi connectivity index (χ3n) is 3.73. The predicted octanol–water partition coefficient (Wildman–Crippen LogP) is 3.48. The highest BCUT2D eigenvalue weighted by molar-refractivity contribution is 7.80. The van der Waals surface area contributed by atoms with Gasteiger partial charge in [-0.3, -0.25) is 9.69 Å². The van der Waals surface area contributed by atoms with E-state index in [0.717, 1.165) is 22.9 Å². The van der Waals surface area contributed by atoms with Crippen molar-refractivity contribution in [1.29, 1.82) is 0 Å². The van der Waals surface area contributed by atoms with Crippen LogP contribution in [0.1, 0.15) is 20.3 Å². The van der Waals surface area contributed by atoms with Gasteiger partial charge in [0.05, 0.1) is 5.69 Å². The van der Waals surface area contributed by atoms with E-state index >= 15 is 0 Å². The summed E-state index contributed by atoms with van der Waals surface area (Å²) in [7, 11) is 0. The summed E-state index contributed by atoms with van der Waals surface area (Å²) >= 11 is 5.39. The monoisotopic (exact) mass is 298 g/mol. The number of anilines is 1. The fourth-order valence-electron chi connectivity index (χ4n) is 2.79. The fraction of sp³-hybridized carbons (Fsp3) is 0.294. The lowest BCUT2D eigenvalue weighted by atomic mass is 10.0. The van der Waals surface area contributed by atoms with Crippen molar-refractivity contribution in [2.24, 2.45) is 5.92 Å². The van der Waals surface area contributed by atoms with Crippen molar-refractivity contribution in [3.05, 3.63) is 42.5 Å². The first-order valence-corrected chi connectivity index (χ1v) is 7.61. The summed E-state index contributed by atoms with van der Waals surface area (Å²) in [5, 5.41) is 5.81. The van der Waals surface area contributed by atoms with Crippen LogP contribution in [-0.2, 0) is 4.79 Å². The van der Waals surface area contributed by atoms with Gasteiger partial charge in [0.25, 0.3) is 5.91 Å². The van der Waals surface area contributed by atoms with Gasteiger partial charge in [-0.05, 0) is 36.0 Å². The molecule has 0 unspecified atom stereocenters. The Morgan fingerprint density at radius 3 is 2.67 bits per heavy atom. The van der Waals surface area contributed by atoms with Crippen LogP contribution in [-0.4, -0.2) is 17.1 Å². The lowest BCUT2D eigenvalue weighted by Gasteiger charge is -2.17. The SMILES string of the molecule is CC(C)C[C@@H]1NC(=S)N(c2cccc3ccccc23)C1=O. The molecular formula is C17H18N2OS. The molecule has 1 aliphatic rings. The maximum Gasteiger partial charge on any atom is 0.255 e. The first kappa shape index (κ1) is 14.0. The molecule has 0 spiro atoms. The zero-order chi connectivity index (χ0) is 15.0. The molecular weight excluding hydrogens is 280 g/mol. The summed E-state index contributed by atoms with van der Waals surface area (Å²) in [5.41, 5.74) is 0.863. The molecule has 21 heavy (non-hydrogen) atoms. The van der Waals surface area contributed by atoms with Crippen LogP contribution in [0.25, 0.3) is 10.8 Å². The van der Waals surface area contributed by atoms with Gasteiger partial charge in [0.2, 0.25) is 0 Å². The molecule has 1 amide bonds. The van der Waals surface area contributed by atoms with Crippen LogP contribution in [0, 0.1) is 5.92 Å². The molecule has 1 N–H and O–H groups in total. The van der Waals surface area contributed by atoms with Crippen molar-refractivity contribution < 1.29 is 4.79 Å². The van der Waals surface area contributed by atoms with Crippen molar-refractivity contribution in [2.45, 2.75) is 26.3 Å². The van der Waals surface area contributed by atoms with Gasteiger partial charge in [0.15, 0.2) is 5.11 Å². The lowest BCUT2D eigenvalue weighted by molar-refractivity contribution is -0.118. The van der Waals surface area contributed by atoms with E-state index in [9.17, 15) is 4.79 Å². The Balaban J connectivity index is 2.03. The minimum Gasteiger partial charge on any atom is -0.350 e. The topological polar surface area (TPSA) is 32.3 Å². The summed E-state index contributed by atoms with van der Waals surface area (Å²) in [4.78, 5) is 14.3. The molecule has 2 aromatic rings. The van der Waals surface area contributed by atoms with Gasteiger partial charge in [-0.15, -0.1) is 0 Å². The molecule has 1 heterocycles. The lowest BCUT2D eigenvalue weighted by Crippen LogP contribution is -2.32. The molecule has 4 heteroatoms. The third-order valence-corrected chi connectivity index (χ3v) is 4.03. The summed E-state index contributed by atoms with van der Waals surface area (Å²) in [6.45, 7) is 4.22. The molecule has 0 aromatic heterocycles. The molecule has 1 aliphatic heterocycles. The molecule has 1 fully saturated rings. The largest absolute Gasteiger partial charge is 0.350 e. The molecule has 1 atom stereocenters. The highest BCUT2D eigenvalue weighted by Crippen LogP contribution is 2.30. The Labute approximate surface area is 129 Å². The van der Waals surface area contributed by atoms with Crippen LogP contribution in [0.2, 0.25) is 0 Å². The molecule has 108 valence electrons. The van der Waals surface area contributed by atoms with Gasteiger partial charge in [0, 0.05) is 5.39 Å². The highest BCUT2D eigenvalue weighted by atomic mass is 32.1. The van der Waals surface area contributed by atoms with Gasteiger partial charge in [-0.2, -0.15) is 0 Å². The first-order chi connectivity index (χ1) is 10.1. The second-order valence-electron chi connectivity index (χ2n) is 5.80. The summed E-state index contributed by atoms with van der Waals surface area (Å²) in [5.74, 6) is 0.492. The third kappa shape index (κ3) is 2.51. The van der Waals surface area contributed by atoms with Gasteiger partial charge in [0.1, 0.15) is 6.04 Å². The number of amides is 1. The number of nitrogens with one attached hydrogen (secondary N) is 1. The van der Waals surface area contributed by atoms with Crippen LogP contribution in [0.4, 0.5) is 5.69 Å². The molecule has 0 bridgehead atoms. The smallest absolute Gasteiger partial charge is 0.255 e. The number of fused-ring (bicyclic) bond motifs is 1. The van der Waals surface area contributed by atoms with Crippen molar-refractivity contribution in [3.63, 3.8) is 0 Å². The van der Waals surface area contributed by atoms with E-state index in [1.807, 2.05) is 42.5 Å². The number of hydrogen-bond donors (Lipinski definition) is 1. The van der Waals surface area contributed by atoms with E-state index in [4.69, 9.17) is 12.2 Å². The Morgan fingerprint density at radius 2 is 1.90 bits per heavy atom. The number of carbonyl (C=O) groups is 1. The van der Waals surface area contributed by atoms with E-state index in [1.165, 1.54) is 0 Å². The molecule has 0 aliphatic carbocycles. The molecule has 2 aromatic carbocycles. The highest BCUT2D eigenvalue weighted by Gasteiger charge is 2.37. The van der Waals surface area contributed by atoms with Crippen LogP contribution < -0.4 is 10.2 Å². The van der Waals surface area contributed by atoms with Crippen molar-refractivity contribution in [1.82, 2.24) is 5.32 Å². The minimum absolute atomic E-state index is 0.0463. The number of thiocarbonyl (C=S) groups is 1. The van der Waals surface area contributed by atoms with Crippen LogP contribution in [0.5, 0.6) is 0 Å². The van der Waals surface area contributed by atoms with Crippen LogP contribution in [0.15, 0.2) is 42.5 Å². The molecule has 0 radical (unpaired) electrons. The standard InChI is InChI=1S/C17H18N2OS/c1-11(2)10-14-16(20)19(17(21)18-14)15-9-5-7-12-6-3-4-8-13(12)15/h3-9,11,14H,10H2,1-2H3,(H,18,21)/t14-/m0/s1. The number of nitrogens with zero attached hydrogens (tertiary/aromatic N) is 1. The molecule has 1 saturated heterocycles. The van der Waals surface area contributed by atoms with Crippen LogP contribution in [0.3, 0.4) is 0 Å². The molecule has 0 saturated carbocycles. The summed E-state index contributed by atoms with van der Waals surface area (Å²) in [6.07, 6.45) is 0.792. The van der Waals surface area contributed by atoms with Crippen molar-refractivity contribution >= 4 is 39.7 Å². The number of hydrogen-bond acceptors (Lipinski definition) is 2. The second-order valence-corrected chi connectivity index (χ2v) is 6.19. The molecule has 3 rings (SSSR count). The molecule has 3 nitrogen and oxygen atoms in total. The summed E-state index contributed by atoms with van der Waals surface area (Å²) < 4.78 is 0. The van der Waals surface area contributed by atoms with Gasteiger partial charge in [-0.25, -0.2) is 0 Å². The average molecular weight is 298 g/mol. The van der Waals surface area contributed by atoms with E-state index in [0.29, 0.717) is 11.0 Å². The second kappa shape index (κ2) is 5.45. The Kier molecular flexibility index (Phi) is 3.64. The van der Waals surface area contributed by atoms with E-state index in [2.05, 4.69) is 19.2 Å². The predicted molar refractivity (Wildman–Crippen MR) is 90.4 cm³/mol. The number of rotatable bonds is 3. The van der Waals surface area contributed by atoms with Crippen LogP contribution >= 0.6 is 12.2 Å². The van der Waals surface area contributed by atoms with Gasteiger partial charge >= 0.3 is 0 Å². The van der Waals surface area contributed by atoms with Crippen molar-refractivity contribution in [3.8, 4) is 0 Å². The quantitative estimate of drug-likeness (QED) is 0.881. The zero-order valence-electron chi connectivity index (χ0n) is 12.2. The first-order valence-electron chi connectivity index (χ1n) is 7.20. The van der Waals surface area contributed by atoms with E-state index in [-0.39, 0.29) is 11.9 Å². The van der Waals surface area contributed by atoms with Crippen molar-refractivity contribution in [2.75, 3.05) is 4.90 Å². The van der Waals surface area contributed by atoms with E-state index < -0.39 is 0 Å². The van der Waals surface area contributed by atoms with Gasteiger partial charge < -0.3 is 5.32 Å². The average Bonchev–Trinajstić information content (AvgIpc) is 2.72. The fourth-order valence-corrected chi connectivity index (χ4v) is 3.12. The Hall–Kier alpha value is -1.94. The van der Waals surface area contributed by atoms with Gasteiger partial charge in [-0.1, -0.05) is 50.2 Å². The zero-order valence-corrected chi connectivity index (χ0v) is 13.0. The maximum absolute atomic E-state index is 12.7. The number of carbonyl (C=O) groups excluding carboxylic acids is 1. The van der Waals surface area contributed by atoms with E-state index in [1.54, 1.807) is 4.90 Å². The summed E-state index contributed by atoms with van der Waals surface area (Å²) in [6, 6.07) is 13.8. The minimum atomic E-state index is -0.212. The maximum atomic E-state index is 12.7. The Morgan fingerprint density at radius 1 is 1.19 bits per heavy atom. The normalized spacial score (nSPS) is 18.6. The Bertz CT molecular complexity index is 706. The number of benzene rings is 2.